The Kier molecular flexibility index (Phi) is 3.16. The third-order valence-electron chi connectivity index (χ3n) is 3.08. The van der Waals surface area contributed by atoms with E-state index in [0.29, 0.717) is 19.0 Å². The van der Waals surface area contributed by atoms with Gasteiger partial charge in [-0.15, -0.1) is 0 Å². The Morgan fingerprint density at radius 2 is 2.22 bits per heavy atom. The Labute approximate surface area is 105 Å². The maximum absolute atomic E-state index is 12.4. The molecule has 1 atom stereocenters. The standard InChI is InChI=1S/C10H15N3O4S/c1-6-3-4-13(5-6)18(16,17)9-7(2)11-12-8(9)10(14)15/h6H,3-5H2,1-2H3,(H,11,12)(H,14,15). The number of hydrogen-bond donors (Lipinski definition) is 2. The third kappa shape index (κ3) is 2.01. The lowest BCUT2D eigenvalue weighted by molar-refractivity contribution is 0.0686. The fourth-order valence-corrected chi connectivity index (χ4v) is 3.99. The van der Waals surface area contributed by atoms with Crippen LogP contribution in [0.25, 0.3) is 0 Å². The van der Waals surface area contributed by atoms with E-state index in [1.165, 1.54) is 11.2 Å². The van der Waals surface area contributed by atoms with Gasteiger partial charge in [0, 0.05) is 13.1 Å². The molecule has 0 amide bonds. The van der Waals surface area contributed by atoms with Gasteiger partial charge in [-0.2, -0.15) is 9.40 Å². The summed E-state index contributed by atoms with van der Waals surface area (Å²) in [5, 5.41) is 14.9. The smallest absolute Gasteiger partial charge is 0.357 e. The first-order valence-corrected chi connectivity index (χ1v) is 7.06. The van der Waals surface area contributed by atoms with Crippen molar-refractivity contribution >= 4 is 16.0 Å². The van der Waals surface area contributed by atoms with Crippen molar-refractivity contribution in [2.24, 2.45) is 5.92 Å². The molecule has 1 fully saturated rings. The molecule has 1 aliphatic rings. The summed E-state index contributed by atoms with van der Waals surface area (Å²) < 4.78 is 26.1. The second-order valence-corrected chi connectivity index (χ2v) is 6.46. The molecule has 2 heterocycles. The van der Waals surface area contributed by atoms with Crippen LogP contribution >= 0.6 is 0 Å². The van der Waals surface area contributed by atoms with Crippen molar-refractivity contribution in [2.45, 2.75) is 25.2 Å². The summed E-state index contributed by atoms with van der Waals surface area (Å²) in [6, 6.07) is 0. The number of sulfonamides is 1. The van der Waals surface area contributed by atoms with Crippen molar-refractivity contribution in [3.8, 4) is 0 Å². The van der Waals surface area contributed by atoms with Crippen LogP contribution in [0.5, 0.6) is 0 Å². The SMILES string of the molecule is Cc1[nH]nc(C(=O)O)c1S(=O)(=O)N1CCC(C)C1. The van der Waals surface area contributed by atoms with Gasteiger partial charge in [0.15, 0.2) is 5.69 Å². The zero-order valence-electron chi connectivity index (χ0n) is 10.2. The van der Waals surface area contributed by atoms with Gasteiger partial charge in [-0.05, 0) is 19.3 Å². The molecule has 0 saturated carbocycles. The van der Waals surface area contributed by atoms with E-state index in [-0.39, 0.29) is 10.6 Å². The highest BCUT2D eigenvalue weighted by atomic mass is 32.2. The van der Waals surface area contributed by atoms with Gasteiger partial charge in [0.1, 0.15) is 4.90 Å². The molecule has 8 heteroatoms. The van der Waals surface area contributed by atoms with Gasteiger partial charge in [-0.25, -0.2) is 13.2 Å². The molecule has 100 valence electrons. The van der Waals surface area contributed by atoms with Crippen molar-refractivity contribution in [1.82, 2.24) is 14.5 Å². The molecular weight excluding hydrogens is 258 g/mol. The second-order valence-electron chi connectivity index (χ2n) is 4.59. The molecule has 2 N–H and O–H groups in total. The van der Waals surface area contributed by atoms with Crippen LogP contribution in [0.3, 0.4) is 0 Å². The van der Waals surface area contributed by atoms with E-state index in [4.69, 9.17) is 5.11 Å². The Hall–Kier alpha value is -1.41. The lowest BCUT2D eigenvalue weighted by Gasteiger charge is -2.15. The maximum atomic E-state index is 12.4. The van der Waals surface area contributed by atoms with Crippen molar-refractivity contribution in [3.63, 3.8) is 0 Å². The van der Waals surface area contributed by atoms with Crippen LogP contribution < -0.4 is 0 Å². The van der Waals surface area contributed by atoms with Gasteiger partial charge in [-0.1, -0.05) is 6.92 Å². The van der Waals surface area contributed by atoms with Crippen LogP contribution in [0.2, 0.25) is 0 Å². The Bertz CT molecular complexity index is 578. The highest BCUT2D eigenvalue weighted by Gasteiger charge is 2.36. The predicted octanol–water partition coefficient (Wildman–Crippen LogP) is 0.447. The molecule has 1 unspecified atom stereocenters. The number of aromatic nitrogens is 2. The highest BCUT2D eigenvalue weighted by Crippen LogP contribution is 2.27. The quantitative estimate of drug-likeness (QED) is 0.832. The monoisotopic (exact) mass is 273 g/mol. The fourth-order valence-electron chi connectivity index (χ4n) is 2.12. The molecule has 0 radical (unpaired) electrons. The summed E-state index contributed by atoms with van der Waals surface area (Å²) in [5.41, 5.74) is -0.181. The number of rotatable bonds is 3. The van der Waals surface area contributed by atoms with E-state index >= 15 is 0 Å². The largest absolute Gasteiger partial charge is 0.476 e. The van der Waals surface area contributed by atoms with Crippen LogP contribution in [0.1, 0.15) is 29.5 Å². The van der Waals surface area contributed by atoms with E-state index in [1.807, 2.05) is 6.92 Å². The van der Waals surface area contributed by atoms with Gasteiger partial charge < -0.3 is 5.11 Å². The highest BCUT2D eigenvalue weighted by molar-refractivity contribution is 7.89. The molecule has 18 heavy (non-hydrogen) atoms. The summed E-state index contributed by atoms with van der Waals surface area (Å²) in [6.45, 7) is 4.32. The third-order valence-corrected chi connectivity index (χ3v) is 5.11. The first kappa shape index (κ1) is 13.0. The molecule has 0 spiro atoms. The van der Waals surface area contributed by atoms with Crippen LogP contribution in [0.15, 0.2) is 4.90 Å². The second kappa shape index (κ2) is 4.36. The molecular formula is C10H15N3O4S. The summed E-state index contributed by atoms with van der Waals surface area (Å²) in [7, 11) is -3.78. The lowest BCUT2D eigenvalue weighted by Crippen LogP contribution is -2.30. The first-order chi connectivity index (χ1) is 8.34. The van der Waals surface area contributed by atoms with Crippen molar-refractivity contribution in [3.05, 3.63) is 11.4 Å². The van der Waals surface area contributed by atoms with Crippen molar-refractivity contribution in [2.75, 3.05) is 13.1 Å². The van der Waals surface area contributed by atoms with E-state index in [0.717, 1.165) is 6.42 Å². The van der Waals surface area contributed by atoms with Crippen LogP contribution in [0.4, 0.5) is 0 Å². The van der Waals surface area contributed by atoms with Gasteiger partial charge in [0.05, 0.1) is 5.69 Å². The van der Waals surface area contributed by atoms with E-state index < -0.39 is 21.7 Å². The fraction of sp³-hybridized carbons (Fsp3) is 0.600. The van der Waals surface area contributed by atoms with Gasteiger partial charge >= 0.3 is 5.97 Å². The molecule has 0 aromatic carbocycles. The molecule has 1 saturated heterocycles. The number of carboxylic acids is 1. The summed E-state index contributed by atoms with van der Waals surface area (Å²) in [5.74, 6) is -1.05. The number of carboxylic acid groups (broad SMARTS) is 1. The van der Waals surface area contributed by atoms with E-state index in [2.05, 4.69) is 10.2 Å². The number of aromatic carboxylic acids is 1. The zero-order chi connectivity index (χ0) is 13.5. The Morgan fingerprint density at radius 1 is 1.56 bits per heavy atom. The van der Waals surface area contributed by atoms with Crippen LogP contribution in [-0.2, 0) is 10.0 Å². The van der Waals surface area contributed by atoms with E-state index in [1.54, 1.807) is 0 Å². The molecule has 0 bridgehead atoms. The van der Waals surface area contributed by atoms with Crippen LogP contribution in [-0.4, -0.2) is 47.1 Å². The number of aryl methyl sites for hydroxylation is 1. The predicted molar refractivity (Wildman–Crippen MR) is 62.8 cm³/mol. The van der Waals surface area contributed by atoms with Crippen molar-refractivity contribution in [1.29, 1.82) is 0 Å². The first-order valence-electron chi connectivity index (χ1n) is 5.62. The van der Waals surface area contributed by atoms with Gasteiger partial charge in [-0.3, -0.25) is 5.10 Å². The number of nitrogens with one attached hydrogen (secondary N) is 1. The topological polar surface area (TPSA) is 103 Å². The number of H-pyrrole nitrogens is 1. The number of nitrogens with zero attached hydrogens (tertiary/aromatic N) is 2. The Morgan fingerprint density at radius 3 is 2.72 bits per heavy atom. The normalized spacial score (nSPS) is 21.3. The maximum Gasteiger partial charge on any atom is 0.357 e. The number of hydrogen-bond acceptors (Lipinski definition) is 4. The average Bonchev–Trinajstić information content (AvgIpc) is 2.84. The number of carbonyl (C=O) groups is 1. The lowest BCUT2D eigenvalue weighted by atomic mass is 10.2. The minimum Gasteiger partial charge on any atom is -0.476 e. The minimum absolute atomic E-state index is 0.218. The summed E-state index contributed by atoms with van der Waals surface area (Å²) in [6.07, 6.45) is 0.790. The number of aromatic amines is 1. The zero-order valence-corrected chi connectivity index (χ0v) is 11.0. The summed E-state index contributed by atoms with van der Waals surface area (Å²) in [4.78, 5) is 10.8. The average molecular weight is 273 g/mol. The molecule has 2 rings (SSSR count). The molecule has 1 aliphatic heterocycles. The minimum atomic E-state index is -3.78. The van der Waals surface area contributed by atoms with E-state index in [9.17, 15) is 13.2 Å². The molecule has 1 aromatic heterocycles. The summed E-state index contributed by atoms with van der Waals surface area (Å²) >= 11 is 0. The Balaban J connectivity index is 2.48. The molecule has 1 aromatic rings. The van der Waals surface area contributed by atoms with Gasteiger partial charge in [0.25, 0.3) is 0 Å². The molecule has 0 aliphatic carbocycles. The van der Waals surface area contributed by atoms with Crippen molar-refractivity contribution < 1.29 is 18.3 Å². The van der Waals surface area contributed by atoms with Crippen LogP contribution in [0, 0.1) is 12.8 Å². The van der Waals surface area contributed by atoms with Gasteiger partial charge in [0.2, 0.25) is 10.0 Å². The molecule has 7 nitrogen and oxygen atoms in total.